The molecule has 0 fully saturated rings. The molecule has 0 aliphatic heterocycles. The molecule has 0 spiro atoms. The van der Waals surface area contributed by atoms with Gasteiger partial charge in [-0.15, -0.1) is 0 Å². The van der Waals surface area contributed by atoms with E-state index in [0.29, 0.717) is 17.0 Å². The molecule has 0 aliphatic carbocycles. The molecule has 0 amide bonds. The minimum atomic E-state index is -3.58. The van der Waals surface area contributed by atoms with Gasteiger partial charge in [-0.1, -0.05) is 11.6 Å². The molecule has 2 aromatic rings. The van der Waals surface area contributed by atoms with Crippen molar-refractivity contribution in [3.8, 4) is 5.75 Å². The highest BCUT2D eigenvalue weighted by molar-refractivity contribution is 7.92. The maximum Gasteiger partial charge on any atom is 0.233 e. The first-order valence-electron chi connectivity index (χ1n) is 6.26. The van der Waals surface area contributed by atoms with Crippen molar-refractivity contribution >= 4 is 27.3 Å². The number of aromatic nitrogens is 1. The minimum absolute atomic E-state index is 0.0923. The topological polar surface area (TPSA) is 79.3 Å². The Hall–Kier alpha value is -1.79. The van der Waals surface area contributed by atoms with E-state index in [-0.39, 0.29) is 17.2 Å². The average Bonchev–Trinajstić information content (AvgIpc) is 2.43. The summed E-state index contributed by atoms with van der Waals surface area (Å²) in [6.45, 7) is 1.65. The molecule has 2 rings (SSSR count). The molecule has 0 atom stereocenters. The summed E-state index contributed by atoms with van der Waals surface area (Å²) in [5, 5.41) is 10.2. The molecule has 112 valence electrons. The number of benzene rings is 1. The Bertz CT molecular complexity index is 733. The minimum Gasteiger partial charge on any atom is -0.505 e. The van der Waals surface area contributed by atoms with Crippen molar-refractivity contribution in [2.75, 3.05) is 10.5 Å². The van der Waals surface area contributed by atoms with E-state index in [1.54, 1.807) is 37.5 Å². The predicted octanol–water partition coefficient (Wildman–Crippen LogP) is 2.73. The van der Waals surface area contributed by atoms with Crippen molar-refractivity contribution in [3.05, 3.63) is 52.8 Å². The SMILES string of the molecule is Cc1cc(Cl)cc(NS(=O)(=O)CCc2ccncc2)c1O. The predicted molar refractivity (Wildman–Crippen MR) is 83.2 cm³/mol. The molecule has 21 heavy (non-hydrogen) atoms. The van der Waals surface area contributed by atoms with Crippen LogP contribution in [0.4, 0.5) is 5.69 Å². The lowest BCUT2D eigenvalue weighted by Crippen LogP contribution is -2.18. The van der Waals surface area contributed by atoms with E-state index in [2.05, 4.69) is 9.71 Å². The smallest absolute Gasteiger partial charge is 0.233 e. The molecular weight excluding hydrogens is 312 g/mol. The number of anilines is 1. The molecule has 1 heterocycles. The van der Waals surface area contributed by atoms with Gasteiger partial charge in [0.1, 0.15) is 5.75 Å². The van der Waals surface area contributed by atoms with Gasteiger partial charge in [-0.2, -0.15) is 0 Å². The fraction of sp³-hybridized carbons (Fsp3) is 0.214. The van der Waals surface area contributed by atoms with Gasteiger partial charge < -0.3 is 5.11 Å². The second-order valence-corrected chi connectivity index (χ2v) is 6.92. The monoisotopic (exact) mass is 326 g/mol. The van der Waals surface area contributed by atoms with Gasteiger partial charge in [0.2, 0.25) is 10.0 Å². The second kappa shape index (κ2) is 6.32. The Morgan fingerprint density at radius 2 is 1.95 bits per heavy atom. The number of halogens is 1. The van der Waals surface area contributed by atoms with E-state index in [9.17, 15) is 13.5 Å². The second-order valence-electron chi connectivity index (χ2n) is 4.65. The van der Waals surface area contributed by atoms with Crippen LogP contribution in [-0.2, 0) is 16.4 Å². The van der Waals surface area contributed by atoms with Crippen molar-refractivity contribution in [1.29, 1.82) is 0 Å². The molecule has 5 nitrogen and oxygen atoms in total. The van der Waals surface area contributed by atoms with Crippen LogP contribution in [0.3, 0.4) is 0 Å². The van der Waals surface area contributed by atoms with Gasteiger partial charge in [0, 0.05) is 17.4 Å². The van der Waals surface area contributed by atoms with Crippen LogP contribution in [0.5, 0.6) is 5.75 Å². The van der Waals surface area contributed by atoms with Gasteiger partial charge in [-0.05, 0) is 48.7 Å². The summed E-state index contributed by atoms with van der Waals surface area (Å²) >= 11 is 5.87. The third-order valence-corrected chi connectivity index (χ3v) is 4.43. The molecule has 2 N–H and O–H groups in total. The number of nitrogens with one attached hydrogen (secondary N) is 1. The van der Waals surface area contributed by atoms with Crippen molar-refractivity contribution in [1.82, 2.24) is 4.98 Å². The number of pyridine rings is 1. The van der Waals surface area contributed by atoms with Gasteiger partial charge in [-0.25, -0.2) is 8.42 Å². The zero-order valence-electron chi connectivity index (χ0n) is 11.4. The number of phenols is 1. The highest BCUT2D eigenvalue weighted by atomic mass is 35.5. The Morgan fingerprint density at radius 3 is 2.62 bits per heavy atom. The molecule has 0 saturated carbocycles. The number of aromatic hydroxyl groups is 1. The number of nitrogens with zero attached hydrogens (tertiary/aromatic N) is 1. The highest BCUT2D eigenvalue weighted by Crippen LogP contribution is 2.31. The lowest BCUT2D eigenvalue weighted by Gasteiger charge is -2.11. The van der Waals surface area contributed by atoms with Crippen molar-refractivity contribution in [2.45, 2.75) is 13.3 Å². The van der Waals surface area contributed by atoms with Gasteiger partial charge in [0.15, 0.2) is 0 Å². The molecular formula is C14H15ClN2O3S. The molecule has 1 aromatic heterocycles. The summed E-state index contributed by atoms with van der Waals surface area (Å²) in [4.78, 5) is 3.88. The molecule has 0 saturated heterocycles. The molecule has 0 unspecified atom stereocenters. The van der Waals surface area contributed by atoms with Crippen LogP contribution >= 0.6 is 11.6 Å². The van der Waals surface area contributed by atoms with Crippen LogP contribution in [0, 0.1) is 6.92 Å². The normalized spacial score (nSPS) is 11.3. The Labute approximate surface area is 128 Å². The van der Waals surface area contributed by atoms with Gasteiger partial charge >= 0.3 is 0 Å². The zero-order chi connectivity index (χ0) is 15.5. The Kier molecular flexibility index (Phi) is 4.69. The van der Waals surface area contributed by atoms with Crippen LogP contribution in [0.25, 0.3) is 0 Å². The van der Waals surface area contributed by atoms with Crippen LogP contribution in [-0.4, -0.2) is 24.3 Å². The molecule has 0 bridgehead atoms. The van der Waals surface area contributed by atoms with Crippen LogP contribution < -0.4 is 4.72 Å². The number of hydrogen-bond acceptors (Lipinski definition) is 4. The highest BCUT2D eigenvalue weighted by Gasteiger charge is 2.15. The van der Waals surface area contributed by atoms with E-state index in [1.165, 1.54) is 6.07 Å². The zero-order valence-corrected chi connectivity index (χ0v) is 12.9. The van der Waals surface area contributed by atoms with Crippen molar-refractivity contribution < 1.29 is 13.5 Å². The summed E-state index contributed by atoms with van der Waals surface area (Å²) in [6.07, 6.45) is 3.58. The maximum atomic E-state index is 12.1. The van der Waals surface area contributed by atoms with E-state index < -0.39 is 10.0 Å². The quantitative estimate of drug-likeness (QED) is 0.828. The van der Waals surface area contributed by atoms with E-state index >= 15 is 0 Å². The lowest BCUT2D eigenvalue weighted by atomic mass is 10.2. The molecule has 7 heteroatoms. The van der Waals surface area contributed by atoms with E-state index in [0.717, 1.165) is 5.56 Å². The van der Waals surface area contributed by atoms with Gasteiger partial charge in [0.25, 0.3) is 0 Å². The fourth-order valence-electron chi connectivity index (χ4n) is 1.83. The summed E-state index contributed by atoms with van der Waals surface area (Å²) in [5.41, 5.74) is 1.48. The first kappa shape index (κ1) is 15.6. The van der Waals surface area contributed by atoms with Gasteiger partial charge in [0.05, 0.1) is 11.4 Å². The summed E-state index contributed by atoms with van der Waals surface area (Å²) in [5.74, 6) is -0.214. The summed E-state index contributed by atoms with van der Waals surface area (Å²) in [6, 6.07) is 6.46. The standard InChI is InChI=1S/C14H15ClN2O3S/c1-10-8-12(15)9-13(14(10)18)17-21(19,20)7-4-11-2-5-16-6-3-11/h2-3,5-6,8-9,17-18H,4,7H2,1H3. The van der Waals surface area contributed by atoms with Crippen LogP contribution in [0.15, 0.2) is 36.7 Å². The van der Waals surface area contributed by atoms with Crippen molar-refractivity contribution in [2.24, 2.45) is 0 Å². The molecule has 1 aromatic carbocycles. The third kappa shape index (κ3) is 4.34. The maximum absolute atomic E-state index is 12.1. The third-order valence-electron chi connectivity index (χ3n) is 2.94. The number of hydrogen-bond donors (Lipinski definition) is 2. The Balaban J connectivity index is 2.11. The number of rotatable bonds is 5. The summed E-state index contributed by atoms with van der Waals surface area (Å²) < 4.78 is 26.5. The number of sulfonamides is 1. The van der Waals surface area contributed by atoms with Crippen LogP contribution in [0.2, 0.25) is 5.02 Å². The average molecular weight is 327 g/mol. The summed E-state index contributed by atoms with van der Waals surface area (Å²) in [7, 11) is -3.58. The first-order chi connectivity index (χ1) is 9.87. The van der Waals surface area contributed by atoms with Gasteiger partial charge in [-0.3, -0.25) is 9.71 Å². The molecule has 0 radical (unpaired) electrons. The van der Waals surface area contributed by atoms with Crippen LogP contribution in [0.1, 0.15) is 11.1 Å². The number of phenolic OH excluding ortho intramolecular Hbond substituents is 1. The van der Waals surface area contributed by atoms with E-state index in [4.69, 9.17) is 11.6 Å². The number of aryl methyl sites for hydroxylation is 2. The lowest BCUT2D eigenvalue weighted by molar-refractivity contribution is 0.473. The first-order valence-corrected chi connectivity index (χ1v) is 8.29. The molecule has 0 aliphatic rings. The van der Waals surface area contributed by atoms with Crippen molar-refractivity contribution in [3.63, 3.8) is 0 Å². The largest absolute Gasteiger partial charge is 0.505 e. The fourth-order valence-corrected chi connectivity index (χ4v) is 3.20. The Morgan fingerprint density at radius 1 is 1.29 bits per heavy atom. The van der Waals surface area contributed by atoms with E-state index in [1.807, 2.05) is 0 Å².